The number of ether oxygens (including phenoxy) is 1. The molecule has 22 heavy (non-hydrogen) atoms. The second-order valence-electron chi connectivity index (χ2n) is 4.66. The van der Waals surface area contributed by atoms with E-state index in [4.69, 9.17) is 4.74 Å². The maximum Gasteiger partial charge on any atom is 0.414 e. The summed E-state index contributed by atoms with van der Waals surface area (Å²) in [4.78, 5) is 15.2. The maximum absolute atomic E-state index is 11.9. The van der Waals surface area contributed by atoms with Gasteiger partial charge in [-0.3, -0.25) is 0 Å². The summed E-state index contributed by atoms with van der Waals surface area (Å²) < 4.78 is 5.47. The molecule has 0 aliphatic rings. The average molecular weight is 331 g/mol. The summed E-state index contributed by atoms with van der Waals surface area (Å²) in [7, 11) is 3.28. The lowest BCUT2D eigenvalue weighted by Gasteiger charge is -2.13. The lowest BCUT2D eigenvalue weighted by atomic mass is 10.2. The zero-order valence-corrected chi connectivity index (χ0v) is 13.6. The Kier molecular flexibility index (Phi) is 4.17. The number of thiophene rings is 2. The highest BCUT2D eigenvalue weighted by atomic mass is 32.1. The van der Waals surface area contributed by atoms with Crippen LogP contribution in [0, 0.1) is 0 Å². The SMILES string of the molecule is CN(C)C(=O)Oc1cc(-c2cccs2)nnc1-c1cccs1. The summed E-state index contributed by atoms with van der Waals surface area (Å²) in [5.41, 5.74) is 1.27. The molecule has 0 saturated heterocycles. The zero-order chi connectivity index (χ0) is 15.5. The van der Waals surface area contributed by atoms with Gasteiger partial charge >= 0.3 is 6.09 Å². The molecule has 0 saturated carbocycles. The molecule has 3 rings (SSSR count). The molecule has 1 amide bonds. The fourth-order valence-corrected chi connectivity index (χ4v) is 3.16. The van der Waals surface area contributed by atoms with Crippen LogP contribution in [0.4, 0.5) is 4.79 Å². The van der Waals surface area contributed by atoms with Gasteiger partial charge in [0.2, 0.25) is 0 Å². The van der Waals surface area contributed by atoms with Crippen LogP contribution >= 0.6 is 22.7 Å². The first-order chi connectivity index (χ1) is 10.6. The van der Waals surface area contributed by atoms with Crippen LogP contribution in [0.2, 0.25) is 0 Å². The minimum Gasteiger partial charge on any atom is -0.408 e. The molecule has 0 aliphatic carbocycles. The maximum atomic E-state index is 11.9. The molecule has 5 nitrogen and oxygen atoms in total. The number of carbonyl (C=O) groups excluding carboxylic acids is 1. The third-order valence-corrected chi connectivity index (χ3v) is 4.62. The van der Waals surface area contributed by atoms with Gasteiger partial charge in [-0.05, 0) is 22.9 Å². The second-order valence-corrected chi connectivity index (χ2v) is 6.55. The lowest BCUT2D eigenvalue weighted by Crippen LogP contribution is -2.25. The summed E-state index contributed by atoms with van der Waals surface area (Å²) in [6, 6.07) is 9.51. The summed E-state index contributed by atoms with van der Waals surface area (Å²) in [6.07, 6.45) is -0.442. The Morgan fingerprint density at radius 2 is 1.77 bits per heavy atom. The molecule has 7 heteroatoms. The average Bonchev–Trinajstić information content (AvgIpc) is 3.20. The number of carbonyl (C=O) groups is 1. The van der Waals surface area contributed by atoms with E-state index in [0.717, 1.165) is 9.75 Å². The van der Waals surface area contributed by atoms with Gasteiger partial charge in [-0.15, -0.1) is 32.9 Å². The second kappa shape index (κ2) is 6.25. The molecule has 112 valence electrons. The normalized spacial score (nSPS) is 10.5. The zero-order valence-electron chi connectivity index (χ0n) is 12.0. The summed E-state index contributed by atoms with van der Waals surface area (Å²) in [5, 5.41) is 12.4. The predicted octanol–water partition coefficient (Wildman–Crippen LogP) is 3.99. The first-order valence-corrected chi connectivity index (χ1v) is 8.25. The van der Waals surface area contributed by atoms with E-state index in [0.29, 0.717) is 17.1 Å². The van der Waals surface area contributed by atoms with Crippen molar-refractivity contribution in [2.45, 2.75) is 0 Å². The number of hydrogen-bond acceptors (Lipinski definition) is 6. The van der Waals surface area contributed by atoms with Gasteiger partial charge in [-0.25, -0.2) is 4.79 Å². The molecular formula is C15H13N3O2S2. The molecule has 3 aromatic heterocycles. The highest BCUT2D eigenvalue weighted by molar-refractivity contribution is 7.13. The van der Waals surface area contributed by atoms with Crippen molar-refractivity contribution in [3.05, 3.63) is 41.1 Å². The van der Waals surface area contributed by atoms with Crippen molar-refractivity contribution in [2.75, 3.05) is 14.1 Å². The van der Waals surface area contributed by atoms with Gasteiger partial charge in [0.05, 0.1) is 9.75 Å². The third kappa shape index (κ3) is 3.00. The van der Waals surface area contributed by atoms with Crippen molar-refractivity contribution < 1.29 is 9.53 Å². The molecular weight excluding hydrogens is 318 g/mol. The molecule has 0 N–H and O–H groups in total. The first kappa shape index (κ1) is 14.7. The largest absolute Gasteiger partial charge is 0.414 e. The Morgan fingerprint density at radius 3 is 2.36 bits per heavy atom. The Labute approximate surface area is 135 Å². The Bertz CT molecular complexity index is 768. The van der Waals surface area contributed by atoms with Gasteiger partial charge in [0.15, 0.2) is 5.75 Å². The van der Waals surface area contributed by atoms with Crippen LogP contribution in [0.5, 0.6) is 5.75 Å². The van der Waals surface area contributed by atoms with Crippen LogP contribution in [0.1, 0.15) is 0 Å². The van der Waals surface area contributed by atoms with Crippen LogP contribution < -0.4 is 4.74 Å². The van der Waals surface area contributed by atoms with E-state index in [-0.39, 0.29) is 0 Å². The summed E-state index contributed by atoms with van der Waals surface area (Å²) in [6.45, 7) is 0. The minimum absolute atomic E-state index is 0.416. The molecule has 0 aromatic carbocycles. The van der Waals surface area contributed by atoms with Crippen LogP contribution in [0.15, 0.2) is 41.1 Å². The third-order valence-electron chi connectivity index (χ3n) is 2.85. The minimum atomic E-state index is -0.442. The predicted molar refractivity (Wildman–Crippen MR) is 88.4 cm³/mol. The van der Waals surface area contributed by atoms with Crippen LogP contribution in [-0.2, 0) is 0 Å². The van der Waals surface area contributed by atoms with E-state index in [1.807, 2.05) is 35.0 Å². The molecule has 0 bridgehead atoms. The Morgan fingerprint density at radius 1 is 1.09 bits per heavy atom. The Balaban J connectivity index is 2.04. The molecule has 0 spiro atoms. The fraction of sp³-hybridized carbons (Fsp3) is 0.133. The molecule has 0 atom stereocenters. The highest BCUT2D eigenvalue weighted by Crippen LogP contribution is 2.34. The summed E-state index contributed by atoms with van der Waals surface area (Å²) in [5.74, 6) is 0.416. The number of hydrogen-bond donors (Lipinski definition) is 0. The Hall–Kier alpha value is -2.25. The fourth-order valence-electron chi connectivity index (χ4n) is 1.77. The standard InChI is InChI=1S/C15H13N3O2S2/c1-18(2)15(19)20-11-9-10(12-5-3-7-21-12)16-17-14(11)13-6-4-8-22-13/h3-9H,1-2H3. The van der Waals surface area contributed by atoms with Crippen molar-refractivity contribution in [1.29, 1.82) is 0 Å². The van der Waals surface area contributed by atoms with Crippen molar-refractivity contribution in [2.24, 2.45) is 0 Å². The van der Waals surface area contributed by atoms with E-state index in [2.05, 4.69) is 10.2 Å². The highest BCUT2D eigenvalue weighted by Gasteiger charge is 2.17. The molecule has 0 aliphatic heterocycles. The van der Waals surface area contributed by atoms with E-state index in [1.54, 1.807) is 31.5 Å². The van der Waals surface area contributed by atoms with Crippen LogP contribution in [0.3, 0.4) is 0 Å². The smallest absolute Gasteiger partial charge is 0.408 e. The van der Waals surface area contributed by atoms with Gasteiger partial charge < -0.3 is 9.64 Å². The van der Waals surface area contributed by atoms with Gasteiger partial charge in [0, 0.05) is 20.2 Å². The number of amides is 1. The van der Waals surface area contributed by atoms with E-state index in [1.165, 1.54) is 16.2 Å². The molecule has 0 radical (unpaired) electrons. The van der Waals surface area contributed by atoms with E-state index in [9.17, 15) is 4.79 Å². The van der Waals surface area contributed by atoms with Gasteiger partial charge in [0.1, 0.15) is 11.4 Å². The first-order valence-electron chi connectivity index (χ1n) is 6.50. The number of aromatic nitrogens is 2. The topological polar surface area (TPSA) is 55.3 Å². The monoisotopic (exact) mass is 331 g/mol. The summed E-state index contributed by atoms with van der Waals surface area (Å²) >= 11 is 3.09. The van der Waals surface area contributed by atoms with Crippen molar-refractivity contribution in [1.82, 2.24) is 15.1 Å². The van der Waals surface area contributed by atoms with Gasteiger partial charge in [-0.1, -0.05) is 12.1 Å². The molecule has 3 aromatic rings. The molecule has 3 heterocycles. The van der Waals surface area contributed by atoms with Gasteiger partial charge in [-0.2, -0.15) is 0 Å². The van der Waals surface area contributed by atoms with Crippen molar-refractivity contribution in [3.8, 4) is 26.9 Å². The molecule has 0 fully saturated rings. The van der Waals surface area contributed by atoms with E-state index < -0.39 is 6.09 Å². The van der Waals surface area contributed by atoms with Crippen LogP contribution in [0.25, 0.3) is 21.1 Å². The quantitative estimate of drug-likeness (QED) is 0.728. The number of rotatable bonds is 3. The van der Waals surface area contributed by atoms with Crippen molar-refractivity contribution >= 4 is 28.8 Å². The number of nitrogens with zero attached hydrogens (tertiary/aromatic N) is 3. The van der Waals surface area contributed by atoms with Crippen molar-refractivity contribution in [3.63, 3.8) is 0 Å². The lowest BCUT2D eigenvalue weighted by molar-refractivity contribution is 0.172. The van der Waals surface area contributed by atoms with Gasteiger partial charge in [0.25, 0.3) is 0 Å². The van der Waals surface area contributed by atoms with E-state index >= 15 is 0 Å². The van der Waals surface area contributed by atoms with Crippen LogP contribution in [-0.4, -0.2) is 35.3 Å². The molecule has 0 unspecified atom stereocenters.